The number of hydrogen-bond donors (Lipinski definition) is 1. The molecule has 1 fully saturated rings. The number of hydrogen-bond acceptors (Lipinski definition) is 3. The second-order valence-electron chi connectivity index (χ2n) is 5.62. The van der Waals surface area contributed by atoms with E-state index in [4.69, 9.17) is 0 Å². The number of sulfone groups is 1. The molecule has 0 unspecified atom stereocenters. The molecule has 1 aliphatic carbocycles. The summed E-state index contributed by atoms with van der Waals surface area (Å²) >= 11 is 0. The standard InChI is InChI=1S/C17H16O4S/c1-11-7-9-13(10-8-11)22(20,21)16-14(15(16)17(18)19)12-5-3-2-4-6-12/h2-10,14-16H,1H3,(H,18,19)/t14-,15-,16-/m0/s1. The normalized spacial score (nSPS) is 24.0. The third-order valence-electron chi connectivity index (χ3n) is 4.13. The molecule has 3 rings (SSSR count). The fourth-order valence-electron chi connectivity index (χ4n) is 2.92. The summed E-state index contributed by atoms with van der Waals surface area (Å²) in [5.74, 6) is -2.42. The monoisotopic (exact) mass is 316 g/mol. The minimum atomic E-state index is -3.65. The Kier molecular flexibility index (Phi) is 3.53. The summed E-state index contributed by atoms with van der Waals surface area (Å²) in [6, 6.07) is 15.5. The van der Waals surface area contributed by atoms with Crippen LogP contribution in [0.3, 0.4) is 0 Å². The average molecular weight is 316 g/mol. The van der Waals surface area contributed by atoms with Crippen molar-refractivity contribution < 1.29 is 18.3 Å². The minimum Gasteiger partial charge on any atom is -0.481 e. The second-order valence-corrected chi connectivity index (χ2v) is 7.73. The lowest BCUT2D eigenvalue weighted by Crippen LogP contribution is -2.13. The number of carbonyl (C=O) groups is 1. The van der Waals surface area contributed by atoms with Crippen LogP contribution in [-0.2, 0) is 14.6 Å². The van der Waals surface area contributed by atoms with Gasteiger partial charge in [0.05, 0.1) is 16.1 Å². The summed E-state index contributed by atoms with van der Waals surface area (Å²) in [5, 5.41) is 8.45. The van der Waals surface area contributed by atoms with Gasteiger partial charge in [-0.1, -0.05) is 48.0 Å². The molecule has 22 heavy (non-hydrogen) atoms. The van der Waals surface area contributed by atoms with Gasteiger partial charge >= 0.3 is 5.97 Å². The largest absolute Gasteiger partial charge is 0.481 e. The molecule has 1 saturated carbocycles. The maximum Gasteiger partial charge on any atom is 0.308 e. The quantitative estimate of drug-likeness (QED) is 0.941. The molecular weight excluding hydrogens is 300 g/mol. The van der Waals surface area contributed by atoms with Gasteiger partial charge in [0.2, 0.25) is 0 Å². The van der Waals surface area contributed by atoms with Crippen molar-refractivity contribution in [3.8, 4) is 0 Å². The Morgan fingerprint density at radius 1 is 1.00 bits per heavy atom. The van der Waals surface area contributed by atoms with Gasteiger partial charge in [-0.15, -0.1) is 0 Å². The molecule has 114 valence electrons. The highest BCUT2D eigenvalue weighted by Crippen LogP contribution is 2.54. The molecule has 1 N–H and O–H groups in total. The van der Waals surface area contributed by atoms with Crippen LogP contribution in [0.25, 0.3) is 0 Å². The molecule has 2 aromatic rings. The lowest BCUT2D eigenvalue weighted by Gasteiger charge is -2.04. The molecular formula is C17H16O4S. The lowest BCUT2D eigenvalue weighted by molar-refractivity contribution is -0.138. The molecule has 0 amide bonds. The Morgan fingerprint density at radius 3 is 2.14 bits per heavy atom. The summed E-state index contributed by atoms with van der Waals surface area (Å²) in [7, 11) is -3.65. The van der Waals surface area contributed by atoms with E-state index >= 15 is 0 Å². The van der Waals surface area contributed by atoms with Crippen LogP contribution in [-0.4, -0.2) is 24.7 Å². The number of aryl methyl sites for hydroxylation is 1. The van der Waals surface area contributed by atoms with E-state index < -0.39 is 32.9 Å². The van der Waals surface area contributed by atoms with Crippen LogP contribution in [0.4, 0.5) is 0 Å². The van der Waals surface area contributed by atoms with Gasteiger partial charge in [-0.25, -0.2) is 8.42 Å². The van der Waals surface area contributed by atoms with Gasteiger partial charge in [-0.2, -0.15) is 0 Å². The second kappa shape index (κ2) is 5.25. The van der Waals surface area contributed by atoms with Crippen LogP contribution in [0.15, 0.2) is 59.5 Å². The van der Waals surface area contributed by atoms with E-state index in [9.17, 15) is 18.3 Å². The Hall–Kier alpha value is -2.14. The lowest BCUT2D eigenvalue weighted by atomic mass is 10.1. The fraction of sp³-hybridized carbons (Fsp3) is 0.235. The summed E-state index contributed by atoms with van der Waals surface area (Å²) in [5.41, 5.74) is 1.72. The SMILES string of the molecule is Cc1ccc(S(=O)(=O)[C@@H]2[C@@H](C(=O)O)[C@@H]2c2ccccc2)cc1. The molecule has 5 heteroatoms. The molecule has 0 bridgehead atoms. The van der Waals surface area contributed by atoms with Crippen molar-refractivity contribution in [1.82, 2.24) is 0 Å². The van der Waals surface area contributed by atoms with Crippen molar-refractivity contribution in [2.24, 2.45) is 5.92 Å². The molecule has 1 aliphatic rings. The zero-order valence-corrected chi connectivity index (χ0v) is 12.8. The number of aliphatic carboxylic acids is 1. The van der Waals surface area contributed by atoms with E-state index in [1.165, 1.54) is 0 Å². The summed E-state index contributed by atoms with van der Waals surface area (Å²) < 4.78 is 25.5. The van der Waals surface area contributed by atoms with Crippen LogP contribution < -0.4 is 0 Å². The van der Waals surface area contributed by atoms with Crippen molar-refractivity contribution in [1.29, 1.82) is 0 Å². The smallest absolute Gasteiger partial charge is 0.308 e. The molecule has 0 radical (unpaired) electrons. The van der Waals surface area contributed by atoms with Gasteiger partial charge in [-0.05, 0) is 24.6 Å². The third kappa shape index (κ3) is 2.41. The molecule has 0 aliphatic heterocycles. The maximum atomic E-state index is 12.7. The van der Waals surface area contributed by atoms with Gasteiger partial charge in [-0.3, -0.25) is 4.79 Å². The summed E-state index contributed by atoms with van der Waals surface area (Å²) in [6.07, 6.45) is 0. The van der Waals surface area contributed by atoms with Gasteiger partial charge in [0.15, 0.2) is 9.84 Å². The van der Waals surface area contributed by atoms with Crippen molar-refractivity contribution in [2.75, 3.05) is 0 Å². The van der Waals surface area contributed by atoms with Crippen LogP contribution >= 0.6 is 0 Å². The first kappa shape index (κ1) is 14.8. The Bertz CT molecular complexity index is 794. The minimum absolute atomic E-state index is 0.188. The molecule has 3 atom stereocenters. The van der Waals surface area contributed by atoms with Gasteiger partial charge in [0.1, 0.15) is 0 Å². The van der Waals surface area contributed by atoms with Crippen LogP contribution in [0.1, 0.15) is 17.0 Å². The zero-order valence-electron chi connectivity index (χ0n) is 12.0. The number of carboxylic acid groups (broad SMARTS) is 1. The predicted molar refractivity (Wildman–Crippen MR) is 82.5 cm³/mol. The van der Waals surface area contributed by atoms with Gasteiger partial charge < -0.3 is 5.11 Å². The third-order valence-corrected chi connectivity index (χ3v) is 6.36. The molecule has 0 heterocycles. The van der Waals surface area contributed by atoms with E-state index in [1.807, 2.05) is 13.0 Å². The first-order chi connectivity index (χ1) is 10.4. The number of carboxylic acids is 1. The molecule has 2 aromatic carbocycles. The van der Waals surface area contributed by atoms with E-state index in [-0.39, 0.29) is 4.90 Å². The Balaban J connectivity index is 1.99. The summed E-state index contributed by atoms with van der Waals surface area (Å²) in [6.45, 7) is 1.88. The topological polar surface area (TPSA) is 71.4 Å². The van der Waals surface area contributed by atoms with E-state index in [1.54, 1.807) is 48.5 Å². The van der Waals surface area contributed by atoms with Crippen molar-refractivity contribution >= 4 is 15.8 Å². The maximum absolute atomic E-state index is 12.7. The number of benzene rings is 2. The molecule has 0 saturated heterocycles. The van der Waals surface area contributed by atoms with Crippen molar-refractivity contribution in [3.05, 3.63) is 65.7 Å². The van der Waals surface area contributed by atoms with E-state index in [0.717, 1.165) is 11.1 Å². The first-order valence-corrected chi connectivity index (χ1v) is 8.56. The molecule has 4 nitrogen and oxygen atoms in total. The first-order valence-electron chi connectivity index (χ1n) is 7.01. The van der Waals surface area contributed by atoms with Crippen molar-refractivity contribution in [2.45, 2.75) is 23.0 Å². The summed E-state index contributed by atoms with van der Waals surface area (Å²) in [4.78, 5) is 11.6. The predicted octanol–water partition coefficient (Wildman–Crippen LogP) is 2.64. The van der Waals surface area contributed by atoms with Gasteiger partial charge in [0.25, 0.3) is 0 Å². The molecule has 0 aromatic heterocycles. The van der Waals surface area contributed by atoms with Crippen LogP contribution in [0, 0.1) is 12.8 Å². The average Bonchev–Trinajstić information content (AvgIpc) is 3.25. The highest BCUT2D eigenvalue weighted by molar-refractivity contribution is 7.92. The Labute approximate surface area is 129 Å². The zero-order chi connectivity index (χ0) is 15.9. The van der Waals surface area contributed by atoms with E-state index in [0.29, 0.717) is 0 Å². The van der Waals surface area contributed by atoms with Crippen LogP contribution in [0.2, 0.25) is 0 Å². The highest BCUT2D eigenvalue weighted by Gasteiger charge is 2.62. The highest BCUT2D eigenvalue weighted by atomic mass is 32.2. The fourth-order valence-corrected chi connectivity index (χ4v) is 5.04. The van der Waals surface area contributed by atoms with E-state index in [2.05, 4.69) is 0 Å². The van der Waals surface area contributed by atoms with Crippen molar-refractivity contribution in [3.63, 3.8) is 0 Å². The van der Waals surface area contributed by atoms with Gasteiger partial charge in [0, 0.05) is 5.92 Å². The van der Waals surface area contributed by atoms with Crippen LogP contribution in [0.5, 0.6) is 0 Å². The number of rotatable bonds is 4. The molecule has 0 spiro atoms. The Morgan fingerprint density at radius 2 is 1.59 bits per heavy atom.